The summed E-state index contributed by atoms with van der Waals surface area (Å²) >= 11 is 0. The van der Waals surface area contributed by atoms with Gasteiger partial charge in [0.2, 0.25) is 0 Å². The molecule has 0 heterocycles. The van der Waals surface area contributed by atoms with Crippen LogP contribution in [0.15, 0.2) is 18.2 Å². The van der Waals surface area contributed by atoms with Crippen LogP contribution in [0.2, 0.25) is 0 Å². The number of hydrogen-bond donors (Lipinski definition) is 2. The zero-order valence-corrected chi connectivity index (χ0v) is 7.67. The number of nitrogens with zero attached hydrogens (tertiary/aromatic N) is 1. The standard InChI is InChI=1S/C7H8N2O3.ClH/c1-8-6-4-5(10)2-3-7(6)9(11)12;/h2-4,8,10H,1H3;1H. The van der Waals surface area contributed by atoms with Gasteiger partial charge in [-0.15, -0.1) is 12.4 Å². The average molecular weight is 205 g/mol. The molecule has 0 aliphatic rings. The van der Waals surface area contributed by atoms with Gasteiger partial charge in [0.1, 0.15) is 11.4 Å². The van der Waals surface area contributed by atoms with Gasteiger partial charge in [-0.05, 0) is 6.07 Å². The van der Waals surface area contributed by atoms with E-state index in [1.54, 1.807) is 7.05 Å². The minimum Gasteiger partial charge on any atom is -0.508 e. The molecule has 1 rings (SSSR count). The Morgan fingerprint density at radius 2 is 2.15 bits per heavy atom. The molecule has 1 aromatic carbocycles. The van der Waals surface area contributed by atoms with Crippen molar-refractivity contribution in [3.63, 3.8) is 0 Å². The molecule has 0 saturated carbocycles. The Hall–Kier alpha value is -1.49. The zero-order chi connectivity index (χ0) is 9.14. The second kappa shape index (κ2) is 4.51. The molecule has 0 aliphatic heterocycles. The first-order valence-electron chi connectivity index (χ1n) is 3.30. The first kappa shape index (κ1) is 11.5. The van der Waals surface area contributed by atoms with Crippen molar-refractivity contribution in [2.45, 2.75) is 0 Å². The summed E-state index contributed by atoms with van der Waals surface area (Å²) in [6.45, 7) is 0. The number of nitrogens with one attached hydrogen (secondary N) is 1. The van der Waals surface area contributed by atoms with Crippen LogP contribution in [0.1, 0.15) is 0 Å². The van der Waals surface area contributed by atoms with E-state index in [1.807, 2.05) is 0 Å². The number of aromatic hydroxyl groups is 1. The summed E-state index contributed by atoms with van der Waals surface area (Å²) in [5.41, 5.74) is 0.260. The third-order valence-electron chi connectivity index (χ3n) is 1.45. The van der Waals surface area contributed by atoms with Gasteiger partial charge in [0.25, 0.3) is 5.69 Å². The largest absolute Gasteiger partial charge is 0.508 e. The molecule has 2 N–H and O–H groups in total. The summed E-state index contributed by atoms with van der Waals surface area (Å²) in [6.07, 6.45) is 0. The Bertz CT molecular complexity index is 317. The van der Waals surface area contributed by atoms with E-state index in [9.17, 15) is 10.1 Å². The maximum atomic E-state index is 10.4. The van der Waals surface area contributed by atoms with Crippen LogP contribution in [0, 0.1) is 10.1 Å². The molecule has 0 saturated heterocycles. The quantitative estimate of drug-likeness (QED) is 0.569. The molecular formula is C7H9ClN2O3. The van der Waals surface area contributed by atoms with Gasteiger partial charge in [-0.1, -0.05) is 0 Å². The zero-order valence-electron chi connectivity index (χ0n) is 6.85. The fraction of sp³-hybridized carbons (Fsp3) is 0.143. The highest BCUT2D eigenvalue weighted by Gasteiger charge is 2.11. The number of phenols is 1. The van der Waals surface area contributed by atoms with E-state index in [2.05, 4.69) is 5.32 Å². The van der Waals surface area contributed by atoms with Crippen molar-refractivity contribution in [2.24, 2.45) is 0 Å². The molecule has 0 radical (unpaired) electrons. The van der Waals surface area contributed by atoms with Crippen LogP contribution in [-0.4, -0.2) is 17.1 Å². The van der Waals surface area contributed by atoms with Crippen molar-refractivity contribution in [3.05, 3.63) is 28.3 Å². The van der Waals surface area contributed by atoms with Crippen LogP contribution in [0.5, 0.6) is 5.75 Å². The van der Waals surface area contributed by atoms with Crippen molar-refractivity contribution < 1.29 is 10.0 Å². The van der Waals surface area contributed by atoms with Gasteiger partial charge in [-0.2, -0.15) is 0 Å². The van der Waals surface area contributed by atoms with E-state index in [1.165, 1.54) is 18.2 Å². The number of phenolic OH excluding ortho intramolecular Hbond substituents is 1. The number of hydrogen-bond acceptors (Lipinski definition) is 4. The molecule has 0 bridgehead atoms. The molecule has 13 heavy (non-hydrogen) atoms. The number of rotatable bonds is 2. The molecule has 0 fully saturated rings. The summed E-state index contributed by atoms with van der Waals surface area (Å²) in [5.74, 6) is 0.00458. The smallest absolute Gasteiger partial charge is 0.292 e. The van der Waals surface area contributed by atoms with Crippen LogP contribution >= 0.6 is 12.4 Å². The maximum Gasteiger partial charge on any atom is 0.292 e. The average Bonchev–Trinajstić information content (AvgIpc) is 2.03. The Labute approximate surface area is 80.9 Å². The van der Waals surface area contributed by atoms with E-state index in [0.29, 0.717) is 5.69 Å². The molecule has 0 spiro atoms. The minimum absolute atomic E-state index is 0. The molecule has 0 aliphatic carbocycles. The second-order valence-electron chi connectivity index (χ2n) is 2.21. The number of nitro benzene ring substituents is 1. The van der Waals surface area contributed by atoms with Crippen LogP contribution < -0.4 is 5.32 Å². The molecule has 0 amide bonds. The Kier molecular flexibility index (Phi) is 4.00. The number of anilines is 1. The second-order valence-corrected chi connectivity index (χ2v) is 2.21. The first-order valence-corrected chi connectivity index (χ1v) is 3.30. The van der Waals surface area contributed by atoms with Gasteiger partial charge >= 0.3 is 0 Å². The van der Waals surface area contributed by atoms with Gasteiger partial charge in [0, 0.05) is 19.2 Å². The molecule has 0 aromatic heterocycles. The summed E-state index contributed by atoms with van der Waals surface area (Å²) in [7, 11) is 1.56. The van der Waals surface area contributed by atoms with E-state index in [4.69, 9.17) is 5.11 Å². The van der Waals surface area contributed by atoms with Crippen molar-refractivity contribution in [2.75, 3.05) is 12.4 Å². The monoisotopic (exact) mass is 204 g/mol. The summed E-state index contributed by atoms with van der Waals surface area (Å²) in [4.78, 5) is 9.87. The van der Waals surface area contributed by atoms with E-state index in [0.717, 1.165) is 0 Å². The van der Waals surface area contributed by atoms with E-state index in [-0.39, 0.29) is 23.8 Å². The van der Waals surface area contributed by atoms with Gasteiger partial charge in [-0.3, -0.25) is 10.1 Å². The first-order chi connectivity index (χ1) is 5.65. The summed E-state index contributed by atoms with van der Waals surface area (Å²) in [6, 6.07) is 3.83. The SMILES string of the molecule is CNc1cc(O)ccc1[N+](=O)[O-].Cl. The van der Waals surface area contributed by atoms with Gasteiger partial charge in [0.05, 0.1) is 4.92 Å². The van der Waals surface area contributed by atoms with Crippen LogP contribution in [0.25, 0.3) is 0 Å². The highest BCUT2D eigenvalue weighted by molar-refractivity contribution is 5.85. The molecule has 72 valence electrons. The fourth-order valence-electron chi connectivity index (χ4n) is 0.883. The number of benzene rings is 1. The van der Waals surface area contributed by atoms with Crippen LogP contribution in [0.4, 0.5) is 11.4 Å². The Balaban J connectivity index is 0.00000144. The molecule has 1 aromatic rings. The van der Waals surface area contributed by atoms with Gasteiger partial charge < -0.3 is 10.4 Å². The Morgan fingerprint density at radius 1 is 1.54 bits per heavy atom. The fourth-order valence-corrected chi connectivity index (χ4v) is 0.883. The predicted molar refractivity (Wildman–Crippen MR) is 51.6 cm³/mol. The predicted octanol–water partition coefficient (Wildman–Crippen LogP) is 1.76. The van der Waals surface area contributed by atoms with Crippen molar-refractivity contribution in [1.29, 1.82) is 0 Å². The maximum absolute atomic E-state index is 10.4. The highest BCUT2D eigenvalue weighted by atomic mass is 35.5. The molecule has 0 atom stereocenters. The molecule has 0 unspecified atom stereocenters. The topological polar surface area (TPSA) is 75.4 Å². The van der Waals surface area contributed by atoms with Crippen molar-refractivity contribution in [3.8, 4) is 5.75 Å². The van der Waals surface area contributed by atoms with E-state index >= 15 is 0 Å². The van der Waals surface area contributed by atoms with Gasteiger partial charge in [-0.25, -0.2) is 0 Å². The molecule has 6 heteroatoms. The normalized spacial score (nSPS) is 8.69. The number of nitro groups is 1. The van der Waals surface area contributed by atoms with E-state index < -0.39 is 4.92 Å². The van der Waals surface area contributed by atoms with Crippen LogP contribution in [-0.2, 0) is 0 Å². The summed E-state index contributed by atoms with van der Waals surface area (Å²) < 4.78 is 0. The van der Waals surface area contributed by atoms with Gasteiger partial charge in [0.15, 0.2) is 0 Å². The Morgan fingerprint density at radius 3 is 2.62 bits per heavy atom. The lowest BCUT2D eigenvalue weighted by atomic mass is 10.2. The minimum atomic E-state index is -0.509. The van der Waals surface area contributed by atoms with Crippen molar-refractivity contribution >= 4 is 23.8 Å². The lowest BCUT2D eigenvalue weighted by Crippen LogP contribution is -1.95. The summed E-state index contributed by atoms with van der Waals surface area (Å²) in [5, 5.41) is 22.0. The number of halogens is 1. The third kappa shape index (κ3) is 2.48. The van der Waals surface area contributed by atoms with Crippen LogP contribution in [0.3, 0.4) is 0 Å². The molecular weight excluding hydrogens is 196 g/mol. The highest BCUT2D eigenvalue weighted by Crippen LogP contribution is 2.27. The third-order valence-corrected chi connectivity index (χ3v) is 1.45. The molecule has 5 nitrogen and oxygen atoms in total. The van der Waals surface area contributed by atoms with Crippen molar-refractivity contribution in [1.82, 2.24) is 0 Å². The lowest BCUT2D eigenvalue weighted by molar-refractivity contribution is -0.384. The lowest BCUT2D eigenvalue weighted by Gasteiger charge is -2.01.